The van der Waals surface area contributed by atoms with E-state index in [0.29, 0.717) is 11.8 Å². The smallest absolute Gasteiger partial charge is 0.338 e. The van der Waals surface area contributed by atoms with E-state index in [2.05, 4.69) is 10.6 Å². The SMILES string of the molecule is C[C@H](NC(=O)COC(=O)c1ccc(C(=O)OCC(=O)N[C@H](C)C2CC2)cc1)C1CC1. The summed E-state index contributed by atoms with van der Waals surface area (Å²) in [5.74, 6) is -0.945. The normalized spacial score (nSPS) is 17.4. The summed E-state index contributed by atoms with van der Waals surface area (Å²) in [5.41, 5.74) is 0.427. The Kier molecular flexibility index (Phi) is 7.07. The predicted octanol–water partition coefficient (Wildman–Crippen LogP) is 1.83. The number of rotatable bonds is 10. The molecule has 2 aliphatic carbocycles. The van der Waals surface area contributed by atoms with Crippen molar-refractivity contribution < 1.29 is 28.7 Å². The van der Waals surface area contributed by atoms with Crippen molar-refractivity contribution >= 4 is 23.8 Å². The van der Waals surface area contributed by atoms with Crippen LogP contribution in [0.4, 0.5) is 0 Å². The molecule has 8 heteroatoms. The summed E-state index contributed by atoms with van der Waals surface area (Å²) in [6, 6.07) is 5.83. The molecule has 0 radical (unpaired) electrons. The summed E-state index contributed by atoms with van der Waals surface area (Å²) in [6.07, 6.45) is 4.45. The van der Waals surface area contributed by atoms with Crippen LogP contribution in [0, 0.1) is 11.8 Å². The summed E-state index contributed by atoms with van der Waals surface area (Å²) in [7, 11) is 0. The molecule has 2 N–H and O–H groups in total. The van der Waals surface area contributed by atoms with Gasteiger partial charge in [0.25, 0.3) is 11.8 Å². The average Bonchev–Trinajstić information content (AvgIpc) is 3.62. The first-order valence-electron chi connectivity index (χ1n) is 10.4. The van der Waals surface area contributed by atoms with E-state index in [1.807, 2.05) is 13.8 Å². The van der Waals surface area contributed by atoms with Crippen LogP contribution in [0.3, 0.4) is 0 Å². The number of nitrogens with one attached hydrogen (secondary N) is 2. The van der Waals surface area contributed by atoms with E-state index >= 15 is 0 Å². The van der Waals surface area contributed by atoms with Crippen molar-refractivity contribution in [1.82, 2.24) is 10.6 Å². The first-order valence-corrected chi connectivity index (χ1v) is 10.4. The number of ether oxygens (including phenoxy) is 2. The Labute approximate surface area is 175 Å². The fourth-order valence-corrected chi connectivity index (χ4v) is 3.19. The fraction of sp³-hybridized carbons (Fsp3) is 0.545. The minimum atomic E-state index is -0.655. The van der Waals surface area contributed by atoms with E-state index in [9.17, 15) is 19.2 Å². The lowest BCUT2D eigenvalue weighted by Crippen LogP contribution is -2.37. The Bertz CT molecular complexity index is 731. The molecule has 0 bridgehead atoms. The van der Waals surface area contributed by atoms with Gasteiger partial charge in [0, 0.05) is 12.1 Å². The van der Waals surface area contributed by atoms with Gasteiger partial charge in [0.1, 0.15) is 0 Å². The maximum Gasteiger partial charge on any atom is 0.338 e. The van der Waals surface area contributed by atoms with Crippen LogP contribution >= 0.6 is 0 Å². The van der Waals surface area contributed by atoms with Gasteiger partial charge in [-0.05, 0) is 75.6 Å². The highest BCUT2D eigenvalue weighted by atomic mass is 16.5. The van der Waals surface area contributed by atoms with E-state index < -0.39 is 11.9 Å². The first kappa shape index (κ1) is 21.8. The van der Waals surface area contributed by atoms with E-state index in [-0.39, 0.29) is 48.2 Å². The van der Waals surface area contributed by atoms with E-state index in [1.54, 1.807) is 0 Å². The second kappa shape index (κ2) is 9.73. The van der Waals surface area contributed by atoms with Crippen LogP contribution < -0.4 is 10.6 Å². The highest BCUT2D eigenvalue weighted by molar-refractivity contribution is 5.95. The van der Waals surface area contributed by atoms with Crippen LogP contribution in [0.1, 0.15) is 60.2 Å². The molecule has 0 aromatic heterocycles. The average molecular weight is 416 g/mol. The Morgan fingerprint density at radius 3 is 1.40 bits per heavy atom. The van der Waals surface area contributed by atoms with Crippen LogP contribution in [-0.4, -0.2) is 49.1 Å². The monoisotopic (exact) mass is 416 g/mol. The second-order valence-corrected chi connectivity index (χ2v) is 8.12. The van der Waals surface area contributed by atoms with Crippen molar-refractivity contribution in [2.75, 3.05) is 13.2 Å². The molecule has 2 saturated carbocycles. The van der Waals surface area contributed by atoms with Crippen LogP contribution in [-0.2, 0) is 19.1 Å². The molecule has 1 aromatic rings. The lowest BCUT2D eigenvalue weighted by molar-refractivity contribution is -0.125. The largest absolute Gasteiger partial charge is 0.452 e. The zero-order valence-electron chi connectivity index (χ0n) is 17.3. The van der Waals surface area contributed by atoms with Crippen LogP contribution in [0.2, 0.25) is 0 Å². The number of carbonyl (C=O) groups excluding carboxylic acids is 4. The molecule has 0 heterocycles. The van der Waals surface area contributed by atoms with Crippen molar-refractivity contribution in [2.45, 2.75) is 51.6 Å². The Hall–Kier alpha value is -2.90. The predicted molar refractivity (Wildman–Crippen MR) is 108 cm³/mol. The molecule has 162 valence electrons. The zero-order valence-corrected chi connectivity index (χ0v) is 17.3. The molecule has 2 aliphatic rings. The van der Waals surface area contributed by atoms with Crippen molar-refractivity contribution in [3.8, 4) is 0 Å². The van der Waals surface area contributed by atoms with Gasteiger partial charge in [0.15, 0.2) is 13.2 Å². The molecule has 1 aromatic carbocycles. The Morgan fingerprint density at radius 2 is 1.10 bits per heavy atom. The Balaban J connectivity index is 1.39. The molecular formula is C22H28N2O6. The summed E-state index contributed by atoms with van der Waals surface area (Å²) < 4.78 is 10.0. The van der Waals surface area contributed by atoms with Gasteiger partial charge in [-0.15, -0.1) is 0 Å². The van der Waals surface area contributed by atoms with Gasteiger partial charge in [-0.3, -0.25) is 9.59 Å². The van der Waals surface area contributed by atoms with Gasteiger partial charge in [0.2, 0.25) is 0 Å². The third-order valence-electron chi connectivity index (χ3n) is 5.46. The van der Waals surface area contributed by atoms with Gasteiger partial charge in [-0.25, -0.2) is 9.59 Å². The number of hydrogen-bond donors (Lipinski definition) is 2. The Morgan fingerprint density at radius 1 is 0.767 bits per heavy atom. The minimum Gasteiger partial charge on any atom is -0.452 e. The molecule has 2 atom stereocenters. The fourth-order valence-electron chi connectivity index (χ4n) is 3.19. The maximum absolute atomic E-state index is 12.1. The van der Waals surface area contributed by atoms with E-state index in [1.165, 1.54) is 24.3 Å². The third-order valence-corrected chi connectivity index (χ3v) is 5.46. The summed E-state index contributed by atoms with van der Waals surface area (Å²) in [6.45, 7) is 3.17. The van der Waals surface area contributed by atoms with Gasteiger partial charge in [0.05, 0.1) is 11.1 Å². The molecule has 30 heavy (non-hydrogen) atoms. The number of hydrogen-bond acceptors (Lipinski definition) is 6. The third kappa shape index (κ3) is 6.57. The van der Waals surface area contributed by atoms with Crippen molar-refractivity contribution in [1.29, 1.82) is 0 Å². The second-order valence-electron chi connectivity index (χ2n) is 8.12. The molecule has 0 spiro atoms. The zero-order chi connectivity index (χ0) is 21.7. The van der Waals surface area contributed by atoms with E-state index in [4.69, 9.17) is 9.47 Å². The lowest BCUT2D eigenvalue weighted by atomic mass is 10.1. The van der Waals surface area contributed by atoms with E-state index in [0.717, 1.165) is 25.7 Å². The molecule has 0 unspecified atom stereocenters. The molecule has 0 saturated heterocycles. The molecule has 2 amide bonds. The standard InChI is InChI=1S/C22H28N2O6/c1-13(15-3-4-15)23-19(25)11-29-21(27)17-7-9-18(10-8-17)22(28)30-12-20(26)24-14(2)16-5-6-16/h7-10,13-16H,3-6,11-12H2,1-2H3,(H,23,25)(H,24,26)/t13-,14+. The topological polar surface area (TPSA) is 111 Å². The molecular weight excluding hydrogens is 388 g/mol. The first-order chi connectivity index (χ1) is 14.3. The molecule has 3 rings (SSSR count). The van der Waals surface area contributed by atoms with Gasteiger partial charge in [-0.1, -0.05) is 0 Å². The quantitative estimate of drug-likeness (QED) is 0.563. The number of benzene rings is 1. The van der Waals surface area contributed by atoms with Crippen molar-refractivity contribution in [3.05, 3.63) is 35.4 Å². The van der Waals surface area contributed by atoms with Crippen molar-refractivity contribution in [2.24, 2.45) is 11.8 Å². The molecule has 8 nitrogen and oxygen atoms in total. The number of amides is 2. The highest BCUT2D eigenvalue weighted by Crippen LogP contribution is 2.32. The summed E-state index contributed by atoms with van der Waals surface area (Å²) in [5, 5.41) is 5.61. The number of esters is 2. The minimum absolute atomic E-state index is 0.0838. The van der Waals surface area contributed by atoms with Gasteiger partial charge in [-0.2, -0.15) is 0 Å². The van der Waals surface area contributed by atoms with Gasteiger partial charge >= 0.3 is 11.9 Å². The molecule has 0 aliphatic heterocycles. The van der Waals surface area contributed by atoms with Crippen molar-refractivity contribution in [3.63, 3.8) is 0 Å². The molecule has 2 fully saturated rings. The number of carbonyl (C=O) groups is 4. The van der Waals surface area contributed by atoms with Crippen LogP contribution in [0.15, 0.2) is 24.3 Å². The lowest BCUT2D eigenvalue weighted by Gasteiger charge is -2.13. The van der Waals surface area contributed by atoms with Crippen LogP contribution in [0.5, 0.6) is 0 Å². The van der Waals surface area contributed by atoms with Crippen LogP contribution in [0.25, 0.3) is 0 Å². The van der Waals surface area contributed by atoms with Gasteiger partial charge < -0.3 is 20.1 Å². The summed E-state index contributed by atoms with van der Waals surface area (Å²) in [4.78, 5) is 47.8. The maximum atomic E-state index is 12.1. The highest BCUT2D eigenvalue weighted by Gasteiger charge is 2.29. The summed E-state index contributed by atoms with van der Waals surface area (Å²) >= 11 is 0.